The molecule has 0 fully saturated rings. The van der Waals surface area contributed by atoms with Crippen LogP contribution in [0.1, 0.15) is 11.3 Å². The highest BCUT2D eigenvalue weighted by molar-refractivity contribution is 5.14. The van der Waals surface area contributed by atoms with Gasteiger partial charge in [-0.1, -0.05) is 0 Å². The first-order valence-corrected chi connectivity index (χ1v) is 3.26. The van der Waals surface area contributed by atoms with Gasteiger partial charge in [-0.05, 0) is 25.6 Å². The first kappa shape index (κ1) is 7.15. The van der Waals surface area contributed by atoms with Crippen molar-refractivity contribution in [3.8, 4) is 0 Å². The van der Waals surface area contributed by atoms with E-state index in [-0.39, 0.29) is 0 Å². The summed E-state index contributed by atoms with van der Waals surface area (Å²) in [5, 5.41) is 10.8. The molecule has 0 atom stereocenters. The van der Waals surface area contributed by atoms with Gasteiger partial charge in [0.15, 0.2) is 0 Å². The van der Waals surface area contributed by atoms with Crippen molar-refractivity contribution in [3.05, 3.63) is 23.5 Å². The number of aryl methyl sites for hydroxylation is 1. The number of nitrogens with one attached hydrogen (secondary N) is 1. The zero-order valence-corrected chi connectivity index (χ0v) is 6.26. The standard InChI is InChI=1S/C7H11N3/c1-6-3-4-9-10-7(6)5-8-2/h3-4,8H,5H2,1-2H3. The fourth-order valence-electron chi connectivity index (χ4n) is 0.765. The van der Waals surface area contributed by atoms with Gasteiger partial charge >= 0.3 is 0 Å². The Kier molecular flexibility index (Phi) is 2.34. The average molecular weight is 137 g/mol. The summed E-state index contributed by atoms with van der Waals surface area (Å²) >= 11 is 0. The van der Waals surface area contributed by atoms with Crippen LogP contribution in [0, 0.1) is 6.92 Å². The Bertz CT molecular complexity index is 210. The Morgan fingerprint density at radius 1 is 1.60 bits per heavy atom. The van der Waals surface area contributed by atoms with Crippen LogP contribution in [0.25, 0.3) is 0 Å². The van der Waals surface area contributed by atoms with Crippen molar-refractivity contribution in [2.75, 3.05) is 7.05 Å². The van der Waals surface area contributed by atoms with Gasteiger partial charge in [-0.25, -0.2) is 0 Å². The van der Waals surface area contributed by atoms with Gasteiger partial charge in [0, 0.05) is 12.7 Å². The zero-order chi connectivity index (χ0) is 7.40. The van der Waals surface area contributed by atoms with Gasteiger partial charge in [0.2, 0.25) is 0 Å². The molecule has 1 N–H and O–H groups in total. The third-order valence-corrected chi connectivity index (χ3v) is 1.37. The predicted molar refractivity (Wildman–Crippen MR) is 39.5 cm³/mol. The van der Waals surface area contributed by atoms with Gasteiger partial charge in [0.25, 0.3) is 0 Å². The van der Waals surface area contributed by atoms with Crippen LogP contribution in [0.2, 0.25) is 0 Å². The predicted octanol–water partition coefficient (Wildman–Crippen LogP) is 0.504. The normalized spacial score (nSPS) is 9.80. The van der Waals surface area contributed by atoms with Gasteiger partial charge in [0.1, 0.15) is 0 Å². The molecule has 1 aromatic rings. The van der Waals surface area contributed by atoms with E-state index in [0.717, 1.165) is 12.2 Å². The van der Waals surface area contributed by atoms with E-state index in [0.29, 0.717) is 0 Å². The Labute approximate surface area is 60.5 Å². The van der Waals surface area contributed by atoms with Gasteiger partial charge in [-0.3, -0.25) is 0 Å². The summed E-state index contributed by atoms with van der Waals surface area (Å²) in [6.45, 7) is 2.82. The van der Waals surface area contributed by atoms with Gasteiger partial charge < -0.3 is 5.32 Å². The lowest BCUT2D eigenvalue weighted by Crippen LogP contribution is -2.08. The van der Waals surface area contributed by atoms with E-state index in [1.807, 2.05) is 20.0 Å². The molecule has 0 aromatic carbocycles. The van der Waals surface area contributed by atoms with Crippen LogP contribution in [0.5, 0.6) is 0 Å². The summed E-state index contributed by atoms with van der Waals surface area (Å²) in [6.07, 6.45) is 1.70. The summed E-state index contributed by atoms with van der Waals surface area (Å²) < 4.78 is 0. The molecule has 54 valence electrons. The highest BCUT2D eigenvalue weighted by atomic mass is 15.1. The lowest BCUT2D eigenvalue weighted by atomic mass is 10.2. The van der Waals surface area contributed by atoms with E-state index in [9.17, 15) is 0 Å². The lowest BCUT2D eigenvalue weighted by Gasteiger charge is -1.99. The molecule has 1 rings (SSSR count). The Balaban J connectivity index is 2.81. The highest BCUT2D eigenvalue weighted by Crippen LogP contribution is 1.99. The van der Waals surface area contributed by atoms with Gasteiger partial charge in [-0.15, -0.1) is 0 Å². The molecular formula is C7H11N3. The molecule has 0 unspecified atom stereocenters. The molecular weight excluding hydrogens is 126 g/mol. The number of hydrogen-bond acceptors (Lipinski definition) is 3. The minimum absolute atomic E-state index is 0.791. The molecule has 1 aromatic heterocycles. The lowest BCUT2D eigenvalue weighted by molar-refractivity contribution is 0.759. The summed E-state index contributed by atoms with van der Waals surface area (Å²) in [5.41, 5.74) is 2.20. The molecule has 0 aliphatic heterocycles. The number of hydrogen-bond donors (Lipinski definition) is 1. The van der Waals surface area contributed by atoms with Crippen molar-refractivity contribution >= 4 is 0 Å². The van der Waals surface area contributed by atoms with Gasteiger partial charge in [-0.2, -0.15) is 10.2 Å². The molecule has 10 heavy (non-hydrogen) atoms. The molecule has 3 nitrogen and oxygen atoms in total. The number of nitrogens with zero attached hydrogens (tertiary/aromatic N) is 2. The number of rotatable bonds is 2. The van der Waals surface area contributed by atoms with Crippen molar-refractivity contribution in [3.63, 3.8) is 0 Å². The van der Waals surface area contributed by atoms with Crippen LogP contribution >= 0.6 is 0 Å². The maximum atomic E-state index is 3.96. The van der Waals surface area contributed by atoms with Crippen molar-refractivity contribution in [1.82, 2.24) is 15.5 Å². The molecule has 0 bridgehead atoms. The number of aromatic nitrogens is 2. The summed E-state index contributed by atoms with van der Waals surface area (Å²) in [7, 11) is 1.90. The molecule has 0 spiro atoms. The molecule has 1 heterocycles. The maximum Gasteiger partial charge on any atom is 0.0797 e. The van der Waals surface area contributed by atoms with Crippen molar-refractivity contribution in [1.29, 1.82) is 0 Å². The van der Waals surface area contributed by atoms with Crippen molar-refractivity contribution in [2.24, 2.45) is 0 Å². The highest BCUT2D eigenvalue weighted by Gasteiger charge is 1.95. The molecule has 0 saturated carbocycles. The minimum Gasteiger partial charge on any atom is -0.314 e. The first-order valence-electron chi connectivity index (χ1n) is 3.26. The second-order valence-electron chi connectivity index (χ2n) is 2.19. The van der Waals surface area contributed by atoms with Crippen LogP contribution < -0.4 is 5.32 Å². The van der Waals surface area contributed by atoms with E-state index in [1.165, 1.54) is 5.56 Å². The second kappa shape index (κ2) is 3.27. The SMILES string of the molecule is CNCc1nnccc1C. The molecule has 0 saturated heterocycles. The van der Waals surface area contributed by atoms with E-state index >= 15 is 0 Å². The fourth-order valence-corrected chi connectivity index (χ4v) is 0.765. The Morgan fingerprint density at radius 3 is 3.00 bits per heavy atom. The Morgan fingerprint density at radius 2 is 2.40 bits per heavy atom. The fraction of sp³-hybridized carbons (Fsp3) is 0.429. The molecule has 0 aliphatic rings. The van der Waals surface area contributed by atoms with Crippen LogP contribution in [0.15, 0.2) is 12.3 Å². The summed E-state index contributed by atoms with van der Waals surface area (Å²) in [6, 6.07) is 1.96. The van der Waals surface area contributed by atoms with Gasteiger partial charge in [0.05, 0.1) is 5.69 Å². The maximum absolute atomic E-state index is 3.96. The quantitative estimate of drug-likeness (QED) is 0.645. The monoisotopic (exact) mass is 137 g/mol. The zero-order valence-electron chi connectivity index (χ0n) is 6.26. The van der Waals surface area contributed by atoms with Crippen LogP contribution in [-0.4, -0.2) is 17.2 Å². The van der Waals surface area contributed by atoms with E-state index in [2.05, 4.69) is 15.5 Å². The Hall–Kier alpha value is -0.960. The third kappa shape index (κ3) is 1.51. The van der Waals surface area contributed by atoms with Crippen LogP contribution in [-0.2, 0) is 6.54 Å². The largest absolute Gasteiger partial charge is 0.314 e. The summed E-state index contributed by atoms with van der Waals surface area (Å²) in [4.78, 5) is 0. The van der Waals surface area contributed by atoms with E-state index < -0.39 is 0 Å². The molecule has 3 heteroatoms. The molecule has 0 radical (unpaired) electrons. The van der Waals surface area contributed by atoms with E-state index in [4.69, 9.17) is 0 Å². The second-order valence-corrected chi connectivity index (χ2v) is 2.19. The molecule has 0 aliphatic carbocycles. The summed E-state index contributed by atoms with van der Waals surface area (Å²) in [5.74, 6) is 0. The third-order valence-electron chi connectivity index (χ3n) is 1.37. The topological polar surface area (TPSA) is 37.8 Å². The van der Waals surface area contributed by atoms with E-state index in [1.54, 1.807) is 6.20 Å². The van der Waals surface area contributed by atoms with Crippen LogP contribution in [0.4, 0.5) is 0 Å². The van der Waals surface area contributed by atoms with Crippen molar-refractivity contribution < 1.29 is 0 Å². The molecule has 0 amide bonds. The van der Waals surface area contributed by atoms with Crippen LogP contribution in [0.3, 0.4) is 0 Å². The average Bonchev–Trinajstić information content (AvgIpc) is 1.94. The minimum atomic E-state index is 0.791. The smallest absolute Gasteiger partial charge is 0.0797 e. The van der Waals surface area contributed by atoms with Crippen molar-refractivity contribution in [2.45, 2.75) is 13.5 Å². The first-order chi connectivity index (χ1) is 4.84.